The minimum absolute atomic E-state index is 0.153. The highest BCUT2D eigenvalue weighted by Gasteiger charge is 2.09. The van der Waals surface area contributed by atoms with Crippen molar-refractivity contribution < 1.29 is 13.9 Å². The third-order valence-corrected chi connectivity index (χ3v) is 3.33. The van der Waals surface area contributed by atoms with E-state index >= 15 is 0 Å². The van der Waals surface area contributed by atoms with E-state index in [9.17, 15) is 9.18 Å². The van der Waals surface area contributed by atoms with E-state index < -0.39 is 5.91 Å². The molecule has 0 aliphatic heterocycles. The number of nitrogens with zero attached hydrogens (tertiary/aromatic N) is 2. The number of carbonyl (C=O) groups is 1. The van der Waals surface area contributed by atoms with Crippen molar-refractivity contribution >= 4 is 23.1 Å². The lowest BCUT2D eigenvalue weighted by molar-refractivity contribution is 0.102. The fraction of sp³-hybridized carbons (Fsp3) is 0.0556. The number of methoxy groups -OCH3 is 1. The van der Waals surface area contributed by atoms with Gasteiger partial charge in [-0.3, -0.25) is 4.79 Å². The number of halogens is 1. The topological polar surface area (TPSA) is 76.1 Å². The van der Waals surface area contributed by atoms with Gasteiger partial charge in [0.25, 0.3) is 5.91 Å². The van der Waals surface area contributed by atoms with Crippen LogP contribution in [0.1, 0.15) is 10.5 Å². The first-order valence-corrected chi connectivity index (χ1v) is 7.44. The SMILES string of the molecule is COc1cccc(Nc2cnc(C(=O)Nc3ccc(F)cc3)cn2)c1. The molecule has 126 valence electrons. The number of benzene rings is 2. The van der Waals surface area contributed by atoms with Gasteiger partial charge in [0.1, 0.15) is 23.1 Å². The number of carbonyl (C=O) groups excluding carboxylic acids is 1. The summed E-state index contributed by atoms with van der Waals surface area (Å²) in [4.78, 5) is 20.4. The zero-order chi connectivity index (χ0) is 17.6. The van der Waals surface area contributed by atoms with Crippen molar-refractivity contribution in [2.45, 2.75) is 0 Å². The maximum absolute atomic E-state index is 12.9. The number of rotatable bonds is 5. The van der Waals surface area contributed by atoms with E-state index in [4.69, 9.17) is 4.74 Å². The minimum Gasteiger partial charge on any atom is -0.497 e. The summed E-state index contributed by atoms with van der Waals surface area (Å²) in [5.74, 6) is 0.414. The van der Waals surface area contributed by atoms with Gasteiger partial charge < -0.3 is 15.4 Å². The molecule has 0 saturated carbocycles. The minimum atomic E-state index is -0.424. The number of nitrogens with one attached hydrogen (secondary N) is 2. The Morgan fingerprint density at radius 2 is 1.84 bits per heavy atom. The third kappa shape index (κ3) is 4.29. The second kappa shape index (κ2) is 7.39. The van der Waals surface area contributed by atoms with Crippen molar-refractivity contribution in [3.05, 3.63) is 72.4 Å². The van der Waals surface area contributed by atoms with Crippen LogP contribution < -0.4 is 15.4 Å². The summed E-state index contributed by atoms with van der Waals surface area (Å²) < 4.78 is 18.0. The Kier molecular flexibility index (Phi) is 4.84. The highest BCUT2D eigenvalue weighted by molar-refractivity contribution is 6.02. The quantitative estimate of drug-likeness (QED) is 0.743. The molecule has 0 bridgehead atoms. The van der Waals surface area contributed by atoms with Gasteiger partial charge in [0.05, 0.1) is 19.5 Å². The Hall–Kier alpha value is -3.48. The Balaban J connectivity index is 1.66. The molecule has 0 spiro atoms. The van der Waals surface area contributed by atoms with Gasteiger partial charge in [0, 0.05) is 17.4 Å². The molecule has 25 heavy (non-hydrogen) atoms. The summed E-state index contributed by atoms with van der Waals surface area (Å²) >= 11 is 0. The molecule has 6 nitrogen and oxygen atoms in total. The zero-order valence-electron chi connectivity index (χ0n) is 13.4. The Morgan fingerprint density at radius 1 is 1.04 bits per heavy atom. The van der Waals surface area contributed by atoms with Crippen LogP contribution in [0.3, 0.4) is 0 Å². The lowest BCUT2D eigenvalue weighted by Gasteiger charge is -2.08. The number of aromatic nitrogens is 2. The first-order valence-electron chi connectivity index (χ1n) is 7.44. The van der Waals surface area contributed by atoms with Crippen LogP contribution >= 0.6 is 0 Å². The molecule has 3 rings (SSSR count). The van der Waals surface area contributed by atoms with E-state index in [1.165, 1.54) is 36.7 Å². The molecule has 2 N–H and O–H groups in total. The predicted molar refractivity (Wildman–Crippen MR) is 92.7 cm³/mol. The van der Waals surface area contributed by atoms with Crippen molar-refractivity contribution in [1.82, 2.24) is 9.97 Å². The molecule has 0 fully saturated rings. The molecular weight excluding hydrogens is 323 g/mol. The van der Waals surface area contributed by atoms with Crippen LogP contribution in [-0.4, -0.2) is 23.0 Å². The Morgan fingerprint density at radius 3 is 2.52 bits per heavy atom. The van der Waals surface area contributed by atoms with E-state index in [1.807, 2.05) is 24.3 Å². The summed E-state index contributed by atoms with van der Waals surface area (Å²) in [6.45, 7) is 0. The van der Waals surface area contributed by atoms with Crippen LogP contribution in [0.5, 0.6) is 5.75 Å². The highest BCUT2D eigenvalue weighted by atomic mass is 19.1. The average molecular weight is 338 g/mol. The van der Waals surface area contributed by atoms with Crippen LogP contribution in [0.4, 0.5) is 21.6 Å². The normalized spacial score (nSPS) is 10.2. The molecule has 0 saturated heterocycles. The molecule has 0 aliphatic rings. The lowest BCUT2D eigenvalue weighted by atomic mass is 10.3. The molecule has 0 atom stereocenters. The maximum atomic E-state index is 12.9. The fourth-order valence-electron chi connectivity index (χ4n) is 2.09. The molecule has 1 heterocycles. The predicted octanol–water partition coefficient (Wildman–Crippen LogP) is 3.62. The molecular formula is C18H15FN4O2. The van der Waals surface area contributed by atoms with E-state index in [-0.39, 0.29) is 11.5 Å². The number of hydrogen-bond acceptors (Lipinski definition) is 5. The summed E-state index contributed by atoms with van der Waals surface area (Å²) in [5, 5.41) is 5.70. The summed E-state index contributed by atoms with van der Waals surface area (Å²) in [5.41, 5.74) is 1.42. The second-order valence-corrected chi connectivity index (χ2v) is 5.10. The van der Waals surface area contributed by atoms with E-state index in [0.29, 0.717) is 17.3 Å². The number of amides is 1. The second-order valence-electron chi connectivity index (χ2n) is 5.10. The van der Waals surface area contributed by atoms with Gasteiger partial charge in [-0.25, -0.2) is 14.4 Å². The van der Waals surface area contributed by atoms with Gasteiger partial charge in [0.15, 0.2) is 0 Å². The monoisotopic (exact) mass is 338 g/mol. The highest BCUT2D eigenvalue weighted by Crippen LogP contribution is 2.19. The molecule has 1 amide bonds. The van der Waals surface area contributed by atoms with Crippen LogP contribution in [-0.2, 0) is 0 Å². The molecule has 2 aromatic carbocycles. The van der Waals surface area contributed by atoms with Gasteiger partial charge >= 0.3 is 0 Å². The van der Waals surface area contributed by atoms with E-state index in [2.05, 4.69) is 20.6 Å². The van der Waals surface area contributed by atoms with Crippen molar-refractivity contribution in [2.24, 2.45) is 0 Å². The molecule has 1 aromatic heterocycles. The van der Waals surface area contributed by atoms with Crippen LogP contribution in [0.15, 0.2) is 60.9 Å². The first kappa shape index (κ1) is 16.4. The van der Waals surface area contributed by atoms with Gasteiger partial charge in [-0.1, -0.05) is 6.07 Å². The Bertz CT molecular complexity index is 867. The van der Waals surface area contributed by atoms with Gasteiger partial charge in [-0.15, -0.1) is 0 Å². The first-order chi connectivity index (χ1) is 12.1. The summed E-state index contributed by atoms with van der Waals surface area (Å²) in [7, 11) is 1.59. The number of ether oxygens (including phenoxy) is 1. The van der Waals surface area contributed by atoms with Crippen LogP contribution in [0.2, 0.25) is 0 Å². The summed E-state index contributed by atoms with van der Waals surface area (Å²) in [6.07, 6.45) is 2.82. The standard InChI is InChI=1S/C18H15FN4O2/c1-25-15-4-2-3-14(9-15)22-17-11-20-16(10-21-17)18(24)23-13-7-5-12(19)6-8-13/h2-11H,1H3,(H,21,22)(H,23,24). The van der Waals surface area contributed by atoms with Crippen molar-refractivity contribution in [1.29, 1.82) is 0 Å². The fourth-order valence-corrected chi connectivity index (χ4v) is 2.09. The smallest absolute Gasteiger partial charge is 0.275 e. The van der Waals surface area contributed by atoms with Crippen LogP contribution in [0.25, 0.3) is 0 Å². The molecule has 0 radical (unpaired) electrons. The van der Waals surface area contributed by atoms with Crippen molar-refractivity contribution in [2.75, 3.05) is 17.7 Å². The van der Waals surface area contributed by atoms with Gasteiger partial charge in [-0.2, -0.15) is 0 Å². The molecule has 3 aromatic rings. The van der Waals surface area contributed by atoms with Gasteiger partial charge in [-0.05, 0) is 36.4 Å². The largest absolute Gasteiger partial charge is 0.497 e. The summed E-state index contributed by atoms with van der Waals surface area (Å²) in [6, 6.07) is 12.8. The van der Waals surface area contributed by atoms with Crippen molar-refractivity contribution in [3.63, 3.8) is 0 Å². The lowest BCUT2D eigenvalue weighted by Crippen LogP contribution is -2.14. The number of hydrogen-bond donors (Lipinski definition) is 2. The van der Waals surface area contributed by atoms with Crippen LogP contribution in [0, 0.1) is 5.82 Å². The third-order valence-electron chi connectivity index (χ3n) is 3.33. The van der Waals surface area contributed by atoms with Crippen molar-refractivity contribution in [3.8, 4) is 5.75 Å². The molecule has 0 unspecified atom stereocenters. The maximum Gasteiger partial charge on any atom is 0.275 e. The van der Waals surface area contributed by atoms with E-state index in [0.717, 1.165) is 5.69 Å². The Labute approximate surface area is 143 Å². The van der Waals surface area contributed by atoms with E-state index in [1.54, 1.807) is 7.11 Å². The van der Waals surface area contributed by atoms with Gasteiger partial charge in [0.2, 0.25) is 0 Å². The molecule has 0 aliphatic carbocycles. The zero-order valence-corrected chi connectivity index (χ0v) is 13.4. The number of anilines is 3. The average Bonchev–Trinajstić information content (AvgIpc) is 2.64. The molecule has 7 heteroatoms.